The molecule has 3 aromatic rings. The summed E-state index contributed by atoms with van der Waals surface area (Å²) >= 11 is -1.01. The molecule has 0 radical (unpaired) electrons. The minimum atomic E-state index is -1.01. The quantitative estimate of drug-likeness (QED) is 0.639. The Kier molecular flexibility index (Phi) is 3.21. The molecule has 0 bridgehead atoms. The number of aromatic amines is 2. The van der Waals surface area contributed by atoms with Crippen LogP contribution in [0.4, 0.5) is 11.5 Å². The SMILES string of the molecule is C[S+]([O-])c1ccc(Nc2n[nH]c3cc[nH]c(=O)c23)cc1. The van der Waals surface area contributed by atoms with E-state index in [1.54, 1.807) is 42.8 Å². The van der Waals surface area contributed by atoms with Crippen molar-refractivity contribution in [1.29, 1.82) is 0 Å². The smallest absolute Gasteiger partial charge is 0.261 e. The molecule has 0 amide bonds. The number of rotatable bonds is 3. The molecule has 3 rings (SSSR count). The molecule has 0 saturated carbocycles. The Balaban J connectivity index is 1.95. The number of nitrogens with one attached hydrogen (secondary N) is 3. The lowest BCUT2D eigenvalue weighted by molar-refractivity contribution is 0.601. The zero-order valence-electron chi connectivity index (χ0n) is 10.6. The minimum absolute atomic E-state index is 0.204. The summed E-state index contributed by atoms with van der Waals surface area (Å²) in [4.78, 5) is 15.2. The van der Waals surface area contributed by atoms with Crippen LogP contribution in [0.15, 0.2) is 46.2 Å². The molecule has 0 fully saturated rings. The molecule has 0 saturated heterocycles. The fourth-order valence-corrected chi connectivity index (χ4v) is 2.46. The van der Waals surface area contributed by atoms with Gasteiger partial charge in [0.25, 0.3) is 5.56 Å². The van der Waals surface area contributed by atoms with Crippen LogP contribution in [0, 0.1) is 0 Å². The van der Waals surface area contributed by atoms with Crippen molar-refractivity contribution < 1.29 is 4.55 Å². The Bertz CT molecular complexity index is 792. The third kappa shape index (κ3) is 2.28. The lowest BCUT2D eigenvalue weighted by Crippen LogP contribution is -2.05. The van der Waals surface area contributed by atoms with E-state index in [1.165, 1.54) is 0 Å². The first-order valence-corrected chi connectivity index (χ1v) is 7.47. The van der Waals surface area contributed by atoms with Gasteiger partial charge in [-0.2, -0.15) is 5.10 Å². The van der Waals surface area contributed by atoms with Gasteiger partial charge in [-0.3, -0.25) is 9.89 Å². The van der Waals surface area contributed by atoms with Crippen molar-refractivity contribution in [2.45, 2.75) is 4.90 Å². The lowest BCUT2D eigenvalue weighted by atomic mass is 10.3. The molecule has 102 valence electrons. The van der Waals surface area contributed by atoms with Crippen molar-refractivity contribution in [3.63, 3.8) is 0 Å². The highest BCUT2D eigenvalue weighted by Crippen LogP contribution is 2.21. The van der Waals surface area contributed by atoms with E-state index in [0.29, 0.717) is 16.7 Å². The van der Waals surface area contributed by atoms with Crippen LogP contribution in [0.2, 0.25) is 0 Å². The van der Waals surface area contributed by atoms with Gasteiger partial charge in [0.1, 0.15) is 11.6 Å². The average Bonchev–Trinajstić information content (AvgIpc) is 2.84. The largest absolute Gasteiger partial charge is 0.612 e. The number of fused-ring (bicyclic) bond motifs is 1. The highest BCUT2D eigenvalue weighted by atomic mass is 32.2. The molecule has 1 unspecified atom stereocenters. The van der Waals surface area contributed by atoms with Gasteiger partial charge in [-0.25, -0.2) is 0 Å². The fourth-order valence-electron chi connectivity index (χ4n) is 1.94. The molecule has 2 heterocycles. The van der Waals surface area contributed by atoms with Gasteiger partial charge in [-0.15, -0.1) is 0 Å². The van der Waals surface area contributed by atoms with Crippen LogP contribution in [0.1, 0.15) is 0 Å². The Morgan fingerprint density at radius 3 is 2.70 bits per heavy atom. The van der Waals surface area contributed by atoms with E-state index in [1.807, 2.05) is 0 Å². The summed E-state index contributed by atoms with van der Waals surface area (Å²) in [5.74, 6) is 0.465. The van der Waals surface area contributed by atoms with E-state index in [2.05, 4.69) is 20.5 Å². The molecule has 1 aromatic carbocycles. The monoisotopic (exact) mass is 288 g/mol. The van der Waals surface area contributed by atoms with E-state index in [4.69, 9.17) is 0 Å². The second kappa shape index (κ2) is 5.03. The van der Waals surface area contributed by atoms with Crippen LogP contribution >= 0.6 is 0 Å². The number of benzene rings is 1. The van der Waals surface area contributed by atoms with Gasteiger partial charge in [0.2, 0.25) is 0 Å². The second-order valence-corrected chi connectivity index (χ2v) is 5.65. The molecule has 20 heavy (non-hydrogen) atoms. The van der Waals surface area contributed by atoms with Crippen LogP contribution in [0.5, 0.6) is 0 Å². The molecular weight excluding hydrogens is 276 g/mol. The van der Waals surface area contributed by atoms with Gasteiger partial charge in [0.15, 0.2) is 10.7 Å². The molecule has 0 aliphatic rings. The first-order valence-electron chi connectivity index (χ1n) is 5.91. The van der Waals surface area contributed by atoms with Gasteiger partial charge in [-0.05, 0) is 41.5 Å². The molecule has 0 spiro atoms. The Morgan fingerprint density at radius 1 is 1.25 bits per heavy atom. The third-order valence-corrected chi connectivity index (χ3v) is 3.87. The normalized spacial score (nSPS) is 12.5. The third-order valence-electron chi connectivity index (χ3n) is 2.93. The second-order valence-electron chi connectivity index (χ2n) is 4.27. The maximum Gasteiger partial charge on any atom is 0.261 e. The highest BCUT2D eigenvalue weighted by molar-refractivity contribution is 7.90. The first kappa shape index (κ1) is 12.8. The van der Waals surface area contributed by atoms with Crippen molar-refractivity contribution in [2.75, 3.05) is 11.6 Å². The first-order chi connectivity index (χ1) is 9.65. The van der Waals surface area contributed by atoms with Crippen LogP contribution in [-0.2, 0) is 11.2 Å². The predicted molar refractivity (Wildman–Crippen MR) is 78.8 cm³/mol. The van der Waals surface area contributed by atoms with E-state index in [-0.39, 0.29) is 5.56 Å². The van der Waals surface area contributed by atoms with Gasteiger partial charge < -0.3 is 14.9 Å². The number of nitrogens with zero attached hydrogens (tertiary/aromatic N) is 1. The predicted octanol–water partition coefficient (Wildman–Crippen LogP) is 1.73. The zero-order valence-corrected chi connectivity index (χ0v) is 11.5. The highest BCUT2D eigenvalue weighted by Gasteiger charge is 2.10. The number of pyridine rings is 1. The summed E-state index contributed by atoms with van der Waals surface area (Å²) in [6.45, 7) is 0. The van der Waals surface area contributed by atoms with E-state index >= 15 is 0 Å². The molecule has 2 aromatic heterocycles. The van der Waals surface area contributed by atoms with Crippen molar-refractivity contribution in [3.8, 4) is 0 Å². The maximum absolute atomic E-state index is 11.8. The van der Waals surface area contributed by atoms with Crippen molar-refractivity contribution in [1.82, 2.24) is 15.2 Å². The summed E-state index contributed by atoms with van der Waals surface area (Å²) < 4.78 is 11.3. The zero-order chi connectivity index (χ0) is 14.1. The van der Waals surface area contributed by atoms with E-state index in [0.717, 1.165) is 10.6 Å². The molecule has 0 aliphatic carbocycles. The number of aromatic nitrogens is 3. The van der Waals surface area contributed by atoms with Crippen LogP contribution in [-0.4, -0.2) is 26.0 Å². The minimum Gasteiger partial charge on any atom is -0.612 e. The Morgan fingerprint density at radius 2 is 2.00 bits per heavy atom. The van der Waals surface area contributed by atoms with Crippen molar-refractivity contribution in [3.05, 3.63) is 46.9 Å². The van der Waals surface area contributed by atoms with Crippen molar-refractivity contribution >= 4 is 33.6 Å². The molecule has 6 nitrogen and oxygen atoms in total. The molecule has 0 aliphatic heterocycles. The average molecular weight is 288 g/mol. The summed E-state index contributed by atoms with van der Waals surface area (Å²) in [6.07, 6.45) is 3.20. The number of anilines is 2. The maximum atomic E-state index is 11.8. The molecule has 7 heteroatoms. The standard InChI is InChI=1S/C13H12N4O2S/c1-20(19)9-4-2-8(3-5-9)15-12-11-10(16-17-12)6-7-14-13(11)18/h2-7H,1H3,(H,14,18)(H2,15,16,17). The molecular formula is C13H12N4O2S. The van der Waals surface area contributed by atoms with Gasteiger partial charge in [0, 0.05) is 11.9 Å². The van der Waals surface area contributed by atoms with Gasteiger partial charge in [-0.1, -0.05) is 0 Å². The number of H-pyrrole nitrogens is 2. The van der Waals surface area contributed by atoms with Gasteiger partial charge in [0.05, 0.1) is 5.52 Å². The summed E-state index contributed by atoms with van der Waals surface area (Å²) in [6, 6.07) is 8.90. The Hall–Kier alpha value is -2.25. The van der Waals surface area contributed by atoms with Gasteiger partial charge >= 0.3 is 0 Å². The summed E-state index contributed by atoms with van der Waals surface area (Å²) in [5.41, 5.74) is 1.24. The van der Waals surface area contributed by atoms with Crippen LogP contribution in [0.3, 0.4) is 0 Å². The number of hydrogen-bond acceptors (Lipinski definition) is 4. The summed E-state index contributed by atoms with van der Waals surface area (Å²) in [7, 11) is 0. The van der Waals surface area contributed by atoms with Crippen LogP contribution < -0.4 is 10.9 Å². The van der Waals surface area contributed by atoms with Crippen molar-refractivity contribution in [2.24, 2.45) is 0 Å². The fraction of sp³-hybridized carbons (Fsp3) is 0.0769. The van der Waals surface area contributed by atoms with E-state index in [9.17, 15) is 9.35 Å². The Labute approximate surface area is 117 Å². The molecule has 1 atom stereocenters. The number of hydrogen-bond donors (Lipinski definition) is 3. The van der Waals surface area contributed by atoms with E-state index < -0.39 is 11.2 Å². The topological polar surface area (TPSA) is 96.6 Å². The lowest BCUT2D eigenvalue weighted by Gasteiger charge is -2.06. The van der Waals surface area contributed by atoms with Crippen LogP contribution in [0.25, 0.3) is 10.9 Å². The molecule has 3 N–H and O–H groups in total. The summed E-state index contributed by atoms with van der Waals surface area (Å²) in [5, 5.41) is 10.4.